The second-order valence-corrected chi connectivity index (χ2v) is 11.3. The first-order chi connectivity index (χ1) is 19.2. The summed E-state index contributed by atoms with van der Waals surface area (Å²) < 4.78 is 2.37. The van der Waals surface area contributed by atoms with E-state index >= 15 is 0 Å². The number of nitrogens with one attached hydrogen (secondary N) is 2. The maximum atomic E-state index is 11.8. The van der Waals surface area contributed by atoms with Gasteiger partial charge in [-0.25, -0.2) is 10.9 Å². The van der Waals surface area contributed by atoms with Gasteiger partial charge in [-0.3, -0.25) is 9.59 Å². The summed E-state index contributed by atoms with van der Waals surface area (Å²) in [6, 6.07) is 24.0. The number of nitrogens with zero attached hydrogens (tertiary/aromatic N) is 2. The van der Waals surface area contributed by atoms with Gasteiger partial charge < -0.3 is 22.6 Å². The minimum absolute atomic E-state index is 0. The van der Waals surface area contributed by atoms with Crippen molar-refractivity contribution in [3.63, 3.8) is 0 Å². The summed E-state index contributed by atoms with van der Waals surface area (Å²) in [6.07, 6.45) is 2.64. The average Bonchev–Trinajstić information content (AvgIpc) is 2.95. The molecule has 14 heteroatoms. The molecule has 4 aromatic carbocycles. The SMILES string of the molecule is O=C(N/N=C/c1cc(Br)cc(Br)c1[O-])c1ccccc1.O=C(N/N=C\c1cc(Br)cc(Br)c1[O-])c1ccccc1.[Cl-].[Fe+3]. The molecule has 1 radical (unpaired) electrons. The van der Waals surface area contributed by atoms with E-state index in [4.69, 9.17) is 0 Å². The van der Waals surface area contributed by atoms with E-state index in [1.807, 2.05) is 12.1 Å². The van der Waals surface area contributed by atoms with Gasteiger partial charge in [-0.05, 0) is 59.7 Å². The zero-order valence-corrected chi connectivity index (χ0v) is 29.2. The minimum atomic E-state index is -0.330. The summed E-state index contributed by atoms with van der Waals surface area (Å²) in [4.78, 5) is 23.5. The average molecular weight is 885 g/mol. The van der Waals surface area contributed by atoms with Crippen LogP contribution >= 0.6 is 63.7 Å². The Morgan fingerprint density at radius 3 is 1.29 bits per heavy atom. The summed E-state index contributed by atoms with van der Waals surface area (Å²) >= 11 is 12.9. The smallest absolute Gasteiger partial charge is 1.00 e. The van der Waals surface area contributed by atoms with Crippen LogP contribution in [0.15, 0.2) is 113 Å². The standard InChI is InChI=1S/2C14H10Br2N2O2.ClH.Fe/c2*15-11-6-10(13(19)12(16)7-11)8-17-18-14(20)9-4-2-1-3-5-9;;/h2*1-8,19H,(H,18,20);1H;/q;;;+3/p-3/b17-8+;17-8-;;. The molecule has 0 aliphatic carbocycles. The normalized spacial score (nSPS) is 10.2. The number of hydrogen-bond acceptors (Lipinski definition) is 6. The van der Waals surface area contributed by atoms with E-state index in [2.05, 4.69) is 84.8 Å². The third kappa shape index (κ3) is 11.6. The van der Waals surface area contributed by atoms with E-state index in [9.17, 15) is 19.8 Å². The Kier molecular flexibility index (Phi) is 16.9. The van der Waals surface area contributed by atoms with Crippen LogP contribution in [-0.2, 0) is 17.1 Å². The predicted octanol–water partition coefficient (Wildman–Crippen LogP) is 3.10. The van der Waals surface area contributed by atoms with E-state index < -0.39 is 0 Å². The summed E-state index contributed by atoms with van der Waals surface area (Å²) in [6.45, 7) is 0. The molecular formula is C28H18Br4ClFeN4O4. The number of amides is 2. The maximum Gasteiger partial charge on any atom is 3.00 e. The van der Waals surface area contributed by atoms with E-state index in [-0.39, 0.29) is 52.8 Å². The summed E-state index contributed by atoms with van der Waals surface area (Å²) in [5.41, 5.74) is 6.50. The van der Waals surface area contributed by atoms with Gasteiger partial charge in [0.2, 0.25) is 0 Å². The molecular weight excluding hydrogens is 867 g/mol. The first-order valence-electron chi connectivity index (χ1n) is 11.2. The third-order valence-electron chi connectivity index (χ3n) is 4.89. The fourth-order valence-electron chi connectivity index (χ4n) is 2.98. The summed E-state index contributed by atoms with van der Waals surface area (Å²) in [5, 5.41) is 31.2. The first-order valence-corrected chi connectivity index (χ1v) is 14.4. The van der Waals surface area contributed by atoms with Gasteiger partial charge in [-0.15, -0.1) is 0 Å². The zero-order chi connectivity index (χ0) is 29.1. The number of halogens is 5. The molecule has 0 aromatic heterocycles. The second-order valence-electron chi connectivity index (χ2n) is 7.74. The van der Waals surface area contributed by atoms with Crippen LogP contribution in [-0.4, -0.2) is 24.2 Å². The maximum absolute atomic E-state index is 11.8. The molecule has 0 bridgehead atoms. The van der Waals surface area contributed by atoms with Crippen LogP contribution in [0.3, 0.4) is 0 Å². The Hall–Kier alpha value is -2.51. The second kappa shape index (κ2) is 18.9. The van der Waals surface area contributed by atoms with Crippen LogP contribution in [0.1, 0.15) is 31.8 Å². The molecule has 217 valence electrons. The number of hydrogen-bond donors (Lipinski definition) is 2. The van der Waals surface area contributed by atoms with Crippen molar-refractivity contribution in [1.29, 1.82) is 0 Å². The Morgan fingerprint density at radius 1 is 0.619 bits per heavy atom. The van der Waals surface area contributed by atoms with Crippen LogP contribution in [0.4, 0.5) is 0 Å². The predicted molar refractivity (Wildman–Crippen MR) is 166 cm³/mol. The van der Waals surface area contributed by atoms with Crippen molar-refractivity contribution in [2.75, 3.05) is 0 Å². The zero-order valence-electron chi connectivity index (χ0n) is 21.0. The Labute approximate surface area is 292 Å². The van der Waals surface area contributed by atoms with Gasteiger partial charge in [0.1, 0.15) is 0 Å². The van der Waals surface area contributed by atoms with Gasteiger partial charge in [-0.2, -0.15) is 10.2 Å². The molecule has 0 atom stereocenters. The molecule has 0 saturated carbocycles. The number of hydrazone groups is 2. The van der Waals surface area contributed by atoms with E-state index in [0.29, 0.717) is 31.2 Å². The summed E-state index contributed by atoms with van der Waals surface area (Å²) in [7, 11) is 0. The largest absolute Gasteiger partial charge is 3.00 e. The molecule has 8 nitrogen and oxygen atoms in total. The number of rotatable bonds is 6. The van der Waals surface area contributed by atoms with Gasteiger partial charge in [0.05, 0.1) is 12.4 Å². The van der Waals surface area contributed by atoms with Crippen molar-refractivity contribution in [2.24, 2.45) is 10.2 Å². The topological polar surface area (TPSA) is 129 Å². The third-order valence-corrected chi connectivity index (χ3v) is 6.98. The molecule has 42 heavy (non-hydrogen) atoms. The summed E-state index contributed by atoms with van der Waals surface area (Å²) in [5.74, 6) is -1.04. The van der Waals surface area contributed by atoms with Gasteiger partial charge >= 0.3 is 17.1 Å². The van der Waals surface area contributed by atoms with Crippen LogP contribution in [0.5, 0.6) is 11.5 Å². The molecule has 0 unspecified atom stereocenters. The van der Waals surface area contributed by atoms with Crippen molar-refractivity contribution >= 4 is 88.0 Å². The monoisotopic (exact) mass is 881 g/mol. The number of carbonyl (C=O) groups excluding carboxylic acids is 2. The molecule has 0 saturated heterocycles. The van der Waals surface area contributed by atoms with Crippen molar-refractivity contribution in [3.8, 4) is 11.5 Å². The molecule has 4 aromatic rings. The van der Waals surface area contributed by atoms with Crippen molar-refractivity contribution in [1.82, 2.24) is 10.9 Å². The number of benzene rings is 4. The van der Waals surface area contributed by atoms with Crippen molar-refractivity contribution in [3.05, 3.63) is 125 Å². The van der Waals surface area contributed by atoms with Crippen LogP contribution < -0.4 is 33.5 Å². The molecule has 0 aliphatic rings. The van der Waals surface area contributed by atoms with Gasteiger partial charge in [-0.1, -0.05) is 112 Å². The van der Waals surface area contributed by atoms with E-state index in [0.717, 1.165) is 8.95 Å². The van der Waals surface area contributed by atoms with E-state index in [1.54, 1.807) is 72.8 Å². The Morgan fingerprint density at radius 2 is 0.952 bits per heavy atom. The van der Waals surface area contributed by atoms with Gasteiger partial charge in [0, 0.05) is 29.0 Å². The Bertz CT molecular complexity index is 1450. The molecule has 4 rings (SSSR count). The van der Waals surface area contributed by atoms with Crippen LogP contribution in [0.2, 0.25) is 0 Å². The van der Waals surface area contributed by atoms with Crippen molar-refractivity contribution in [2.45, 2.75) is 0 Å². The molecule has 0 heterocycles. The first kappa shape index (κ1) is 37.5. The molecule has 0 fully saturated rings. The van der Waals surface area contributed by atoms with Crippen LogP contribution in [0, 0.1) is 0 Å². The van der Waals surface area contributed by atoms with Crippen LogP contribution in [0.25, 0.3) is 0 Å². The fourth-order valence-corrected chi connectivity index (χ4v) is 5.50. The fraction of sp³-hybridized carbons (Fsp3) is 0. The molecule has 0 aliphatic heterocycles. The van der Waals surface area contributed by atoms with Gasteiger partial charge in [0.25, 0.3) is 11.8 Å². The minimum Gasteiger partial charge on any atom is -1.00 e. The Balaban J connectivity index is 0.000000401. The van der Waals surface area contributed by atoms with Gasteiger partial charge in [0.15, 0.2) is 0 Å². The molecule has 2 amide bonds. The quantitative estimate of drug-likeness (QED) is 0.175. The molecule has 2 N–H and O–H groups in total. The van der Waals surface area contributed by atoms with Crippen molar-refractivity contribution < 1.29 is 49.3 Å². The van der Waals surface area contributed by atoms with E-state index in [1.165, 1.54) is 12.4 Å². The number of carbonyl (C=O) groups is 2. The molecule has 0 spiro atoms.